The first kappa shape index (κ1) is 9.97. The fourth-order valence-electron chi connectivity index (χ4n) is 3.58. The van der Waals surface area contributed by atoms with E-state index in [9.17, 15) is 15.0 Å². The topological polar surface area (TPSA) is 60.4 Å². The number of carbonyl (C=O) groups is 1. The van der Waals surface area contributed by atoms with Crippen LogP contribution < -0.4 is 5.11 Å². The highest BCUT2D eigenvalue weighted by Gasteiger charge is 2.69. The van der Waals surface area contributed by atoms with E-state index in [1.54, 1.807) is 0 Å². The Morgan fingerprint density at radius 1 is 1.36 bits per heavy atom. The molecule has 2 rings (SSSR count). The van der Waals surface area contributed by atoms with E-state index in [4.69, 9.17) is 0 Å². The first-order valence-electron chi connectivity index (χ1n) is 5.17. The first-order chi connectivity index (χ1) is 6.28. The van der Waals surface area contributed by atoms with Crippen LogP contribution in [0.15, 0.2) is 0 Å². The van der Waals surface area contributed by atoms with E-state index in [1.807, 2.05) is 20.8 Å². The molecule has 14 heavy (non-hydrogen) atoms. The molecule has 3 nitrogen and oxygen atoms in total. The molecule has 80 valence electrons. The number of hydrogen-bond acceptors (Lipinski definition) is 3. The van der Waals surface area contributed by atoms with Gasteiger partial charge in [-0.3, -0.25) is 0 Å². The van der Waals surface area contributed by atoms with Crippen molar-refractivity contribution in [2.75, 3.05) is 0 Å². The van der Waals surface area contributed by atoms with Crippen molar-refractivity contribution in [2.24, 2.45) is 16.2 Å². The summed E-state index contributed by atoms with van der Waals surface area (Å²) in [6.45, 7) is 5.90. The summed E-state index contributed by atoms with van der Waals surface area (Å²) < 4.78 is 0. The number of aliphatic carboxylic acids is 1. The van der Waals surface area contributed by atoms with Crippen LogP contribution in [0, 0.1) is 16.2 Å². The largest absolute Gasteiger partial charge is 0.550 e. The maximum atomic E-state index is 11.3. The van der Waals surface area contributed by atoms with Crippen molar-refractivity contribution in [1.29, 1.82) is 0 Å². The highest BCUT2D eigenvalue weighted by molar-refractivity contribution is 5.75. The quantitative estimate of drug-likeness (QED) is 0.658. The summed E-state index contributed by atoms with van der Waals surface area (Å²) in [5.41, 5.74) is -1.42. The second-order valence-electron chi connectivity index (χ2n) is 5.63. The zero-order valence-corrected chi connectivity index (χ0v) is 8.96. The molecule has 3 unspecified atom stereocenters. The van der Waals surface area contributed by atoms with Gasteiger partial charge in [0, 0.05) is 11.4 Å². The highest BCUT2D eigenvalue weighted by atomic mass is 16.4. The number of fused-ring (bicyclic) bond motifs is 2. The summed E-state index contributed by atoms with van der Waals surface area (Å²) in [4.78, 5) is 11.3. The standard InChI is InChI=1S/C11H18O3/c1-9(2)10(3)4-5-11(9,8(13)14)6-7(10)12/h7,12H,4-6H2,1-3H3,(H,13,14)/p-1. The predicted molar refractivity (Wildman–Crippen MR) is 49.2 cm³/mol. The van der Waals surface area contributed by atoms with Crippen molar-refractivity contribution in [2.45, 2.75) is 46.1 Å². The molecule has 3 atom stereocenters. The van der Waals surface area contributed by atoms with Gasteiger partial charge in [0.25, 0.3) is 0 Å². The Kier molecular flexibility index (Phi) is 1.65. The van der Waals surface area contributed by atoms with Crippen LogP contribution in [0.1, 0.15) is 40.0 Å². The van der Waals surface area contributed by atoms with Gasteiger partial charge in [-0.1, -0.05) is 20.8 Å². The molecule has 0 heterocycles. The molecule has 1 N–H and O–H groups in total. The molecule has 0 saturated heterocycles. The Morgan fingerprint density at radius 3 is 2.14 bits per heavy atom. The SMILES string of the molecule is CC12CCC(C(=O)[O-])(CC1O)C2(C)C. The fraction of sp³-hybridized carbons (Fsp3) is 0.909. The molecule has 0 amide bonds. The summed E-state index contributed by atoms with van der Waals surface area (Å²) in [5.74, 6) is -0.984. The Labute approximate surface area is 84.1 Å². The molecular formula is C11H17O3-. The van der Waals surface area contributed by atoms with Crippen LogP contribution in [0.25, 0.3) is 0 Å². The number of carbonyl (C=O) groups excluding carboxylic acids is 1. The highest BCUT2D eigenvalue weighted by Crippen LogP contribution is 2.71. The average Bonchev–Trinajstić information content (AvgIpc) is 2.34. The summed E-state index contributed by atoms with van der Waals surface area (Å²) in [6.07, 6.45) is 1.30. The number of rotatable bonds is 1. The lowest BCUT2D eigenvalue weighted by Crippen LogP contribution is -2.47. The van der Waals surface area contributed by atoms with Crippen LogP contribution in [-0.2, 0) is 4.79 Å². The lowest BCUT2D eigenvalue weighted by molar-refractivity contribution is -0.323. The molecule has 0 aromatic carbocycles. The maximum absolute atomic E-state index is 11.3. The van der Waals surface area contributed by atoms with E-state index in [0.717, 1.165) is 6.42 Å². The molecule has 0 radical (unpaired) electrons. The van der Waals surface area contributed by atoms with Gasteiger partial charge in [0.1, 0.15) is 0 Å². The molecule has 0 spiro atoms. The van der Waals surface area contributed by atoms with Crippen molar-refractivity contribution in [1.82, 2.24) is 0 Å². The molecule has 2 aliphatic carbocycles. The van der Waals surface area contributed by atoms with Crippen LogP contribution in [-0.4, -0.2) is 17.2 Å². The van der Waals surface area contributed by atoms with Crippen molar-refractivity contribution in [3.05, 3.63) is 0 Å². The van der Waals surface area contributed by atoms with Crippen molar-refractivity contribution < 1.29 is 15.0 Å². The number of aliphatic hydroxyl groups excluding tert-OH is 1. The second-order valence-corrected chi connectivity index (χ2v) is 5.63. The van der Waals surface area contributed by atoms with Gasteiger partial charge < -0.3 is 15.0 Å². The van der Waals surface area contributed by atoms with Crippen LogP contribution in [0.5, 0.6) is 0 Å². The minimum absolute atomic E-state index is 0.257. The monoisotopic (exact) mass is 197 g/mol. The summed E-state index contributed by atoms with van der Waals surface area (Å²) in [6, 6.07) is 0. The molecule has 0 aromatic heterocycles. The summed E-state index contributed by atoms with van der Waals surface area (Å²) in [7, 11) is 0. The van der Waals surface area contributed by atoms with E-state index < -0.39 is 17.5 Å². The Hall–Kier alpha value is -0.570. The van der Waals surface area contributed by atoms with E-state index >= 15 is 0 Å². The van der Waals surface area contributed by atoms with Crippen molar-refractivity contribution >= 4 is 5.97 Å². The van der Waals surface area contributed by atoms with Gasteiger partial charge in [0.05, 0.1) is 6.10 Å². The Bertz CT molecular complexity index is 297. The zero-order chi connectivity index (χ0) is 10.8. The maximum Gasteiger partial charge on any atom is 0.0608 e. The van der Waals surface area contributed by atoms with Crippen LogP contribution in [0.4, 0.5) is 0 Å². The third-order valence-corrected chi connectivity index (χ3v) is 5.36. The molecule has 3 heteroatoms. The average molecular weight is 197 g/mol. The Morgan fingerprint density at radius 2 is 1.93 bits per heavy atom. The van der Waals surface area contributed by atoms with Crippen molar-refractivity contribution in [3.63, 3.8) is 0 Å². The zero-order valence-electron chi connectivity index (χ0n) is 8.96. The predicted octanol–water partition coefficient (Wildman–Crippen LogP) is 0.314. The van der Waals surface area contributed by atoms with Crippen LogP contribution in [0.2, 0.25) is 0 Å². The number of carboxylic acid groups (broad SMARTS) is 1. The first-order valence-corrected chi connectivity index (χ1v) is 5.17. The molecule has 2 bridgehead atoms. The van der Waals surface area contributed by atoms with Crippen molar-refractivity contribution in [3.8, 4) is 0 Å². The summed E-state index contributed by atoms with van der Waals surface area (Å²) in [5, 5.41) is 21.2. The fourth-order valence-corrected chi connectivity index (χ4v) is 3.58. The molecule has 2 saturated carbocycles. The van der Waals surface area contributed by atoms with E-state index in [0.29, 0.717) is 12.8 Å². The van der Waals surface area contributed by atoms with Gasteiger partial charge in [0.2, 0.25) is 0 Å². The van der Waals surface area contributed by atoms with E-state index in [1.165, 1.54) is 0 Å². The minimum Gasteiger partial charge on any atom is -0.550 e. The van der Waals surface area contributed by atoms with Gasteiger partial charge in [-0.25, -0.2) is 0 Å². The Balaban J connectivity index is 2.54. The summed E-state index contributed by atoms with van der Waals surface area (Å²) >= 11 is 0. The van der Waals surface area contributed by atoms with Crippen LogP contribution >= 0.6 is 0 Å². The van der Waals surface area contributed by atoms with Gasteiger partial charge in [-0.2, -0.15) is 0 Å². The van der Waals surface area contributed by atoms with Gasteiger partial charge in [-0.05, 0) is 30.1 Å². The molecule has 2 aliphatic rings. The van der Waals surface area contributed by atoms with Gasteiger partial charge in [0.15, 0.2) is 0 Å². The molecule has 2 fully saturated rings. The normalized spacial score (nSPS) is 49.6. The third kappa shape index (κ3) is 0.724. The van der Waals surface area contributed by atoms with E-state index in [-0.39, 0.29) is 10.8 Å². The van der Waals surface area contributed by atoms with Gasteiger partial charge in [-0.15, -0.1) is 0 Å². The molecule has 0 aromatic rings. The lowest BCUT2D eigenvalue weighted by atomic mass is 9.65. The minimum atomic E-state index is -0.984. The van der Waals surface area contributed by atoms with E-state index in [2.05, 4.69) is 0 Å². The smallest absolute Gasteiger partial charge is 0.0608 e. The third-order valence-electron chi connectivity index (χ3n) is 5.36. The van der Waals surface area contributed by atoms with Crippen LogP contribution in [0.3, 0.4) is 0 Å². The number of carboxylic acids is 1. The molecular weight excluding hydrogens is 180 g/mol. The number of hydrogen-bond donors (Lipinski definition) is 1. The number of aliphatic hydroxyl groups is 1. The molecule has 0 aliphatic heterocycles. The second kappa shape index (κ2) is 2.32. The van der Waals surface area contributed by atoms with Gasteiger partial charge >= 0.3 is 0 Å². The lowest BCUT2D eigenvalue weighted by Gasteiger charge is -2.41.